The quantitative estimate of drug-likeness (QED) is 0.898. The number of rotatable bonds is 4. The van der Waals surface area contributed by atoms with E-state index in [4.69, 9.17) is 5.73 Å². The fourth-order valence-corrected chi connectivity index (χ4v) is 3.83. The largest absolute Gasteiger partial charge is 0.353 e. The van der Waals surface area contributed by atoms with E-state index in [1.807, 2.05) is 0 Å². The molecular formula is C15H24N4. The van der Waals surface area contributed by atoms with Crippen LogP contribution in [0.5, 0.6) is 0 Å². The number of hydrogen-bond donors (Lipinski definition) is 1. The highest BCUT2D eigenvalue weighted by molar-refractivity contribution is 5.51. The minimum absolute atomic E-state index is 0.578. The number of nitrogens with zero attached hydrogens (tertiary/aromatic N) is 3. The molecule has 0 aromatic carbocycles. The van der Waals surface area contributed by atoms with Crippen molar-refractivity contribution >= 4 is 5.82 Å². The van der Waals surface area contributed by atoms with Crippen molar-refractivity contribution < 1.29 is 0 Å². The molecule has 0 bridgehead atoms. The van der Waals surface area contributed by atoms with E-state index < -0.39 is 0 Å². The summed E-state index contributed by atoms with van der Waals surface area (Å²) in [5.74, 6) is 1.82. The lowest BCUT2D eigenvalue weighted by atomic mass is 10.0. The number of aryl methyl sites for hydroxylation is 1. The van der Waals surface area contributed by atoms with Crippen LogP contribution in [0.15, 0.2) is 6.33 Å². The lowest BCUT2D eigenvalue weighted by Gasteiger charge is -2.34. The van der Waals surface area contributed by atoms with Gasteiger partial charge in [0.25, 0.3) is 0 Å². The lowest BCUT2D eigenvalue weighted by Crippen LogP contribution is -2.41. The monoisotopic (exact) mass is 260 g/mol. The molecule has 4 heteroatoms. The molecule has 0 radical (unpaired) electrons. The molecule has 2 aliphatic rings. The van der Waals surface area contributed by atoms with Crippen molar-refractivity contribution in [1.29, 1.82) is 0 Å². The van der Waals surface area contributed by atoms with Gasteiger partial charge in [0.05, 0.1) is 0 Å². The molecule has 2 unspecified atom stereocenters. The highest BCUT2D eigenvalue weighted by Crippen LogP contribution is 2.35. The highest BCUT2D eigenvalue weighted by Gasteiger charge is 2.33. The second-order valence-electron chi connectivity index (χ2n) is 5.76. The Balaban J connectivity index is 1.92. The molecule has 0 saturated heterocycles. The molecule has 1 aromatic rings. The predicted octanol–water partition coefficient (Wildman–Crippen LogP) is 1.92. The number of hydrogen-bond acceptors (Lipinski definition) is 4. The highest BCUT2D eigenvalue weighted by atomic mass is 15.2. The Morgan fingerprint density at radius 3 is 2.95 bits per heavy atom. The molecule has 1 heterocycles. The molecular weight excluding hydrogens is 236 g/mol. The third-order valence-corrected chi connectivity index (χ3v) is 4.79. The Morgan fingerprint density at radius 2 is 2.16 bits per heavy atom. The van der Waals surface area contributed by atoms with Crippen LogP contribution in [0.1, 0.15) is 43.9 Å². The third-order valence-electron chi connectivity index (χ3n) is 4.79. The molecule has 1 fully saturated rings. The van der Waals surface area contributed by atoms with Crippen molar-refractivity contribution in [2.24, 2.45) is 11.7 Å². The van der Waals surface area contributed by atoms with Gasteiger partial charge in [0.15, 0.2) is 0 Å². The first-order valence-electron chi connectivity index (χ1n) is 7.64. The second-order valence-corrected chi connectivity index (χ2v) is 5.76. The maximum absolute atomic E-state index is 5.95. The van der Waals surface area contributed by atoms with Crippen molar-refractivity contribution in [3.05, 3.63) is 17.6 Å². The predicted molar refractivity (Wildman–Crippen MR) is 77.3 cm³/mol. The van der Waals surface area contributed by atoms with Crippen LogP contribution >= 0.6 is 0 Å². The Hall–Kier alpha value is -1.16. The maximum atomic E-state index is 5.95. The van der Waals surface area contributed by atoms with Gasteiger partial charge in [-0.05, 0) is 51.5 Å². The van der Waals surface area contributed by atoms with Crippen LogP contribution in [-0.2, 0) is 12.8 Å². The summed E-state index contributed by atoms with van der Waals surface area (Å²) in [6.07, 6.45) is 9.06. The van der Waals surface area contributed by atoms with Crippen LogP contribution < -0.4 is 10.6 Å². The van der Waals surface area contributed by atoms with Gasteiger partial charge in [-0.2, -0.15) is 0 Å². The standard InChI is InChI=1S/C15H24N4/c1-2-19(14-8-3-5-11(14)9-16)15-12-6-4-7-13(12)17-10-18-15/h10-11,14H,2-9,16H2,1H3. The van der Waals surface area contributed by atoms with Crippen molar-refractivity contribution in [3.63, 3.8) is 0 Å². The van der Waals surface area contributed by atoms with E-state index >= 15 is 0 Å². The van der Waals surface area contributed by atoms with Gasteiger partial charge in [0.2, 0.25) is 0 Å². The summed E-state index contributed by atoms with van der Waals surface area (Å²) >= 11 is 0. The summed E-state index contributed by atoms with van der Waals surface area (Å²) in [4.78, 5) is 11.5. The zero-order chi connectivity index (χ0) is 13.2. The first-order valence-corrected chi connectivity index (χ1v) is 7.64. The molecule has 3 rings (SSSR count). The summed E-state index contributed by atoms with van der Waals surface area (Å²) in [5, 5.41) is 0. The molecule has 4 nitrogen and oxygen atoms in total. The Morgan fingerprint density at radius 1 is 1.26 bits per heavy atom. The van der Waals surface area contributed by atoms with Gasteiger partial charge in [0.1, 0.15) is 12.1 Å². The summed E-state index contributed by atoms with van der Waals surface area (Å²) in [5.41, 5.74) is 8.61. The zero-order valence-corrected chi connectivity index (χ0v) is 11.8. The van der Waals surface area contributed by atoms with E-state index in [-0.39, 0.29) is 0 Å². The Labute approximate surface area is 115 Å². The van der Waals surface area contributed by atoms with Crippen molar-refractivity contribution in [2.45, 2.75) is 51.5 Å². The first kappa shape index (κ1) is 12.9. The molecule has 104 valence electrons. The molecule has 2 N–H and O–H groups in total. The normalized spacial score (nSPS) is 25.6. The molecule has 2 atom stereocenters. The van der Waals surface area contributed by atoms with Crippen LogP contribution in [0.4, 0.5) is 5.82 Å². The van der Waals surface area contributed by atoms with Crippen LogP contribution in [0, 0.1) is 5.92 Å². The van der Waals surface area contributed by atoms with Crippen molar-refractivity contribution in [3.8, 4) is 0 Å². The molecule has 1 saturated carbocycles. The van der Waals surface area contributed by atoms with Crippen molar-refractivity contribution in [2.75, 3.05) is 18.0 Å². The van der Waals surface area contributed by atoms with E-state index in [2.05, 4.69) is 21.8 Å². The van der Waals surface area contributed by atoms with Crippen LogP contribution in [0.3, 0.4) is 0 Å². The van der Waals surface area contributed by atoms with E-state index in [0.29, 0.717) is 12.0 Å². The zero-order valence-electron chi connectivity index (χ0n) is 11.8. The third kappa shape index (κ3) is 2.22. The average molecular weight is 260 g/mol. The summed E-state index contributed by atoms with van der Waals surface area (Å²) in [6.45, 7) is 4.05. The summed E-state index contributed by atoms with van der Waals surface area (Å²) in [6, 6.07) is 0.578. The van der Waals surface area contributed by atoms with Crippen LogP contribution in [0.2, 0.25) is 0 Å². The van der Waals surface area contributed by atoms with Gasteiger partial charge in [-0.1, -0.05) is 6.42 Å². The fourth-order valence-electron chi connectivity index (χ4n) is 3.83. The molecule has 19 heavy (non-hydrogen) atoms. The fraction of sp³-hybridized carbons (Fsp3) is 0.733. The average Bonchev–Trinajstić information content (AvgIpc) is 3.08. The minimum Gasteiger partial charge on any atom is -0.353 e. The maximum Gasteiger partial charge on any atom is 0.135 e. The SMILES string of the molecule is CCN(c1ncnc2c1CCC2)C1CCCC1CN. The summed E-state index contributed by atoms with van der Waals surface area (Å²) < 4.78 is 0. The Kier molecular flexibility index (Phi) is 3.69. The topological polar surface area (TPSA) is 55.0 Å². The first-order chi connectivity index (χ1) is 9.35. The molecule has 1 aromatic heterocycles. The van der Waals surface area contributed by atoms with Gasteiger partial charge in [-0.15, -0.1) is 0 Å². The van der Waals surface area contributed by atoms with Crippen LogP contribution in [0.25, 0.3) is 0 Å². The van der Waals surface area contributed by atoms with E-state index in [1.165, 1.54) is 42.8 Å². The van der Waals surface area contributed by atoms with Crippen LogP contribution in [-0.4, -0.2) is 29.1 Å². The second kappa shape index (κ2) is 5.45. The number of nitrogens with two attached hydrogens (primary N) is 1. The van der Waals surface area contributed by atoms with Gasteiger partial charge in [0, 0.05) is 23.8 Å². The molecule has 0 spiro atoms. The smallest absolute Gasteiger partial charge is 0.135 e. The van der Waals surface area contributed by atoms with Crippen molar-refractivity contribution in [1.82, 2.24) is 9.97 Å². The number of aromatic nitrogens is 2. The molecule has 0 amide bonds. The number of fused-ring (bicyclic) bond motifs is 1. The van der Waals surface area contributed by atoms with E-state index in [1.54, 1.807) is 6.33 Å². The van der Waals surface area contributed by atoms with Gasteiger partial charge < -0.3 is 10.6 Å². The molecule has 2 aliphatic carbocycles. The number of anilines is 1. The minimum atomic E-state index is 0.578. The molecule has 0 aliphatic heterocycles. The van der Waals surface area contributed by atoms with Gasteiger partial charge >= 0.3 is 0 Å². The van der Waals surface area contributed by atoms with Gasteiger partial charge in [-0.3, -0.25) is 0 Å². The summed E-state index contributed by atoms with van der Waals surface area (Å²) in [7, 11) is 0. The van der Waals surface area contributed by atoms with E-state index in [9.17, 15) is 0 Å². The lowest BCUT2D eigenvalue weighted by molar-refractivity contribution is 0.458. The Bertz CT molecular complexity index is 446. The van der Waals surface area contributed by atoms with Gasteiger partial charge in [-0.25, -0.2) is 9.97 Å². The van der Waals surface area contributed by atoms with E-state index in [0.717, 1.165) is 25.9 Å².